The zero-order valence-corrected chi connectivity index (χ0v) is 12.3. The molecule has 0 atom stereocenters. The summed E-state index contributed by atoms with van der Waals surface area (Å²) in [6.07, 6.45) is 3.94. The number of piperidine rings is 1. The predicted molar refractivity (Wildman–Crippen MR) is 79.3 cm³/mol. The molecule has 22 heavy (non-hydrogen) atoms. The Hall–Kier alpha value is -2.35. The van der Waals surface area contributed by atoms with Crippen LogP contribution in [0.2, 0.25) is 0 Å². The molecule has 2 aromatic rings. The Labute approximate surface area is 127 Å². The highest BCUT2D eigenvalue weighted by Gasteiger charge is 2.14. The first-order chi connectivity index (χ1) is 10.7. The SMILES string of the molecule is O=[N+]([O-])c1ccc(-c2nnn(CC[NH+]3CCCCC3)n2)cc1. The first-order valence-electron chi connectivity index (χ1n) is 7.58. The van der Waals surface area contributed by atoms with E-state index in [1.807, 2.05) is 0 Å². The molecule has 1 aromatic heterocycles. The highest BCUT2D eigenvalue weighted by molar-refractivity contribution is 5.56. The monoisotopic (exact) mass is 303 g/mol. The highest BCUT2D eigenvalue weighted by atomic mass is 16.6. The molecule has 1 aliphatic heterocycles. The van der Waals surface area contributed by atoms with E-state index in [0.29, 0.717) is 5.82 Å². The standard InChI is InChI=1S/C14H18N6O2/c21-20(22)13-6-4-12(5-7-13)14-15-17-19(16-14)11-10-18-8-2-1-3-9-18/h4-7H,1-3,8-11H2/p+1. The molecule has 3 rings (SSSR count). The van der Waals surface area contributed by atoms with E-state index in [0.717, 1.165) is 18.7 Å². The number of quaternary nitrogens is 1. The summed E-state index contributed by atoms with van der Waals surface area (Å²) in [6.45, 7) is 4.21. The fraction of sp³-hybridized carbons (Fsp3) is 0.500. The summed E-state index contributed by atoms with van der Waals surface area (Å²) < 4.78 is 0. The summed E-state index contributed by atoms with van der Waals surface area (Å²) in [5, 5.41) is 23.1. The molecule has 1 N–H and O–H groups in total. The van der Waals surface area contributed by atoms with E-state index in [1.165, 1.54) is 44.5 Å². The van der Waals surface area contributed by atoms with Crippen molar-refractivity contribution in [3.8, 4) is 11.4 Å². The van der Waals surface area contributed by atoms with Crippen LogP contribution >= 0.6 is 0 Å². The fourth-order valence-corrected chi connectivity index (χ4v) is 2.75. The fourth-order valence-electron chi connectivity index (χ4n) is 2.75. The normalized spacial score (nSPS) is 15.8. The van der Waals surface area contributed by atoms with Crippen LogP contribution in [0.25, 0.3) is 11.4 Å². The van der Waals surface area contributed by atoms with E-state index in [1.54, 1.807) is 21.8 Å². The van der Waals surface area contributed by atoms with Crippen LogP contribution in [0.3, 0.4) is 0 Å². The molecule has 0 saturated carbocycles. The van der Waals surface area contributed by atoms with E-state index in [2.05, 4.69) is 15.4 Å². The van der Waals surface area contributed by atoms with E-state index < -0.39 is 4.92 Å². The molecule has 1 saturated heterocycles. The maximum absolute atomic E-state index is 10.6. The van der Waals surface area contributed by atoms with Crippen molar-refractivity contribution in [2.24, 2.45) is 0 Å². The molecule has 1 aliphatic rings. The number of benzene rings is 1. The van der Waals surface area contributed by atoms with Gasteiger partial charge in [-0.1, -0.05) is 0 Å². The zero-order chi connectivity index (χ0) is 15.4. The Balaban J connectivity index is 1.61. The van der Waals surface area contributed by atoms with Gasteiger partial charge in [-0.25, -0.2) is 0 Å². The Bertz CT molecular complexity index is 633. The van der Waals surface area contributed by atoms with Gasteiger partial charge in [-0.3, -0.25) is 10.1 Å². The van der Waals surface area contributed by atoms with Gasteiger partial charge in [-0.2, -0.15) is 4.80 Å². The van der Waals surface area contributed by atoms with Crippen molar-refractivity contribution >= 4 is 5.69 Å². The van der Waals surface area contributed by atoms with Crippen LogP contribution in [0.5, 0.6) is 0 Å². The minimum atomic E-state index is -0.421. The Morgan fingerprint density at radius 1 is 1.18 bits per heavy atom. The van der Waals surface area contributed by atoms with E-state index in [9.17, 15) is 10.1 Å². The van der Waals surface area contributed by atoms with Gasteiger partial charge in [0, 0.05) is 17.7 Å². The third-order valence-electron chi connectivity index (χ3n) is 4.02. The molecule has 0 bridgehead atoms. The molecule has 0 aliphatic carbocycles. The van der Waals surface area contributed by atoms with Crippen molar-refractivity contribution in [3.05, 3.63) is 34.4 Å². The number of hydrogen-bond acceptors (Lipinski definition) is 5. The second kappa shape index (κ2) is 6.61. The highest BCUT2D eigenvalue weighted by Crippen LogP contribution is 2.18. The van der Waals surface area contributed by atoms with Gasteiger partial charge in [0.05, 0.1) is 24.6 Å². The van der Waals surface area contributed by atoms with Crippen molar-refractivity contribution < 1.29 is 9.82 Å². The van der Waals surface area contributed by atoms with Gasteiger partial charge < -0.3 is 4.90 Å². The molecule has 1 aromatic carbocycles. The Morgan fingerprint density at radius 2 is 1.91 bits per heavy atom. The second-order valence-electron chi connectivity index (χ2n) is 5.57. The molecule has 0 amide bonds. The van der Waals surface area contributed by atoms with Crippen molar-refractivity contribution in [2.75, 3.05) is 19.6 Å². The van der Waals surface area contributed by atoms with Gasteiger partial charge in [0.1, 0.15) is 6.54 Å². The average Bonchev–Trinajstić information content (AvgIpc) is 3.03. The van der Waals surface area contributed by atoms with Gasteiger partial charge in [0.15, 0.2) is 0 Å². The number of nitrogens with one attached hydrogen (secondary N) is 1. The molecule has 0 unspecified atom stereocenters. The van der Waals surface area contributed by atoms with Crippen molar-refractivity contribution in [1.29, 1.82) is 0 Å². The number of nitrogens with zero attached hydrogens (tertiary/aromatic N) is 5. The van der Waals surface area contributed by atoms with E-state index in [-0.39, 0.29) is 5.69 Å². The van der Waals surface area contributed by atoms with Crippen molar-refractivity contribution in [3.63, 3.8) is 0 Å². The number of tetrazole rings is 1. The molecule has 8 nitrogen and oxygen atoms in total. The lowest BCUT2D eigenvalue weighted by atomic mass is 10.1. The largest absolute Gasteiger partial charge is 0.333 e. The van der Waals surface area contributed by atoms with Gasteiger partial charge in [-0.15, -0.1) is 10.2 Å². The molecule has 1 fully saturated rings. The molecule has 8 heteroatoms. The van der Waals surface area contributed by atoms with Gasteiger partial charge in [0.2, 0.25) is 5.82 Å². The number of likely N-dealkylation sites (tertiary alicyclic amines) is 1. The number of non-ortho nitro benzene ring substituents is 1. The number of aromatic nitrogens is 4. The van der Waals surface area contributed by atoms with Crippen molar-refractivity contribution in [1.82, 2.24) is 20.2 Å². The maximum atomic E-state index is 10.6. The lowest BCUT2D eigenvalue weighted by Gasteiger charge is -2.22. The maximum Gasteiger partial charge on any atom is 0.269 e. The number of hydrogen-bond donors (Lipinski definition) is 1. The summed E-state index contributed by atoms with van der Waals surface area (Å²) >= 11 is 0. The van der Waals surface area contributed by atoms with E-state index in [4.69, 9.17) is 0 Å². The Kier molecular flexibility index (Phi) is 4.38. The zero-order valence-electron chi connectivity index (χ0n) is 12.3. The summed E-state index contributed by atoms with van der Waals surface area (Å²) in [5.41, 5.74) is 0.798. The number of nitro benzene ring substituents is 1. The quantitative estimate of drug-likeness (QED) is 0.634. The van der Waals surface area contributed by atoms with Crippen LogP contribution in [0, 0.1) is 10.1 Å². The van der Waals surface area contributed by atoms with Crippen LogP contribution in [-0.4, -0.2) is 44.8 Å². The molecule has 2 heterocycles. The lowest BCUT2D eigenvalue weighted by Crippen LogP contribution is -3.13. The third kappa shape index (κ3) is 3.45. The third-order valence-corrected chi connectivity index (χ3v) is 4.02. The molecule has 116 valence electrons. The van der Waals surface area contributed by atoms with Crippen LogP contribution in [0.4, 0.5) is 5.69 Å². The summed E-state index contributed by atoms with van der Waals surface area (Å²) in [6, 6.07) is 6.20. The number of rotatable bonds is 5. The summed E-state index contributed by atoms with van der Waals surface area (Å²) in [4.78, 5) is 13.4. The van der Waals surface area contributed by atoms with Gasteiger partial charge in [0.25, 0.3) is 5.69 Å². The summed E-state index contributed by atoms with van der Waals surface area (Å²) in [7, 11) is 0. The lowest BCUT2D eigenvalue weighted by molar-refractivity contribution is -0.905. The van der Waals surface area contributed by atoms with Gasteiger partial charge in [-0.05, 0) is 36.6 Å². The smallest absolute Gasteiger partial charge is 0.269 e. The van der Waals surface area contributed by atoms with Crippen LogP contribution in [-0.2, 0) is 6.54 Å². The Morgan fingerprint density at radius 3 is 2.59 bits per heavy atom. The minimum Gasteiger partial charge on any atom is -0.333 e. The average molecular weight is 303 g/mol. The predicted octanol–water partition coefficient (Wildman–Crippen LogP) is 0.317. The van der Waals surface area contributed by atoms with E-state index >= 15 is 0 Å². The molecule has 0 spiro atoms. The number of nitro groups is 1. The van der Waals surface area contributed by atoms with Crippen molar-refractivity contribution in [2.45, 2.75) is 25.8 Å². The van der Waals surface area contributed by atoms with Crippen LogP contribution < -0.4 is 4.90 Å². The molecule has 0 radical (unpaired) electrons. The van der Waals surface area contributed by atoms with Gasteiger partial charge >= 0.3 is 0 Å². The summed E-state index contributed by atoms with van der Waals surface area (Å²) in [5.74, 6) is 0.503. The molecular formula is C14H19N6O2+. The topological polar surface area (TPSA) is 91.2 Å². The minimum absolute atomic E-state index is 0.0600. The first-order valence-corrected chi connectivity index (χ1v) is 7.58. The van der Waals surface area contributed by atoms with Crippen LogP contribution in [0.1, 0.15) is 19.3 Å². The first kappa shape index (κ1) is 14.6. The second-order valence-corrected chi connectivity index (χ2v) is 5.57. The van der Waals surface area contributed by atoms with Crippen LogP contribution in [0.15, 0.2) is 24.3 Å². The molecular weight excluding hydrogens is 284 g/mol.